The highest BCUT2D eigenvalue weighted by Crippen LogP contribution is 2.30. The van der Waals surface area contributed by atoms with E-state index in [1.54, 1.807) is 18.2 Å². The van der Waals surface area contributed by atoms with Crippen LogP contribution in [0.3, 0.4) is 0 Å². The molecule has 4 rings (SSSR count). The molecule has 0 radical (unpaired) electrons. The smallest absolute Gasteiger partial charge is 0.325 e. The lowest BCUT2D eigenvalue weighted by molar-refractivity contribution is -0.141. The number of rotatable bonds is 14. The summed E-state index contributed by atoms with van der Waals surface area (Å²) >= 11 is 12.7. The van der Waals surface area contributed by atoms with Crippen molar-refractivity contribution in [2.24, 2.45) is 0 Å². The standard InChI is InChI=1S/C35H42Cl2N4O4/c1-4-39(13-11-25(2)40-15-17-45-18-16-40)14-12-29(27-9-10-32(36)33(37)21-27)23-41(24-34(42)44-3)35(43)31-20-26(22-38)19-28-7-5-6-8-30(28)31/h5-10,19-21,25,29H,4,11-18,23-24H2,1-3H3/t25?,29-/m1/s1. The summed E-state index contributed by atoms with van der Waals surface area (Å²) in [6.45, 7) is 10.6. The van der Waals surface area contributed by atoms with Crippen molar-refractivity contribution in [1.82, 2.24) is 14.7 Å². The van der Waals surface area contributed by atoms with Crippen LogP contribution >= 0.6 is 23.2 Å². The Balaban J connectivity index is 1.59. The molecule has 1 heterocycles. The largest absolute Gasteiger partial charge is 0.468 e. The molecule has 0 saturated carbocycles. The molecular weight excluding hydrogens is 611 g/mol. The molecule has 2 atom stereocenters. The molecule has 1 aliphatic rings. The van der Waals surface area contributed by atoms with E-state index in [1.807, 2.05) is 36.4 Å². The molecule has 0 N–H and O–H groups in total. The van der Waals surface area contributed by atoms with Crippen molar-refractivity contribution in [3.8, 4) is 6.07 Å². The number of hydrogen-bond donors (Lipinski definition) is 0. The molecule has 0 aliphatic carbocycles. The van der Waals surface area contributed by atoms with Crippen molar-refractivity contribution >= 4 is 45.9 Å². The van der Waals surface area contributed by atoms with Gasteiger partial charge < -0.3 is 19.3 Å². The average Bonchev–Trinajstić information content (AvgIpc) is 3.07. The maximum atomic E-state index is 14.2. The van der Waals surface area contributed by atoms with Crippen molar-refractivity contribution < 1.29 is 19.1 Å². The Labute approximate surface area is 276 Å². The van der Waals surface area contributed by atoms with Crippen molar-refractivity contribution in [2.45, 2.75) is 38.6 Å². The first-order valence-electron chi connectivity index (χ1n) is 15.5. The second-order valence-electron chi connectivity index (χ2n) is 11.5. The molecule has 0 bridgehead atoms. The lowest BCUT2D eigenvalue weighted by Gasteiger charge is -2.34. The van der Waals surface area contributed by atoms with Crippen LogP contribution in [0, 0.1) is 11.3 Å². The molecule has 3 aromatic rings. The summed E-state index contributed by atoms with van der Waals surface area (Å²) in [5.74, 6) is -1.01. The van der Waals surface area contributed by atoms with E-state index in [0.29, 0.717) is 32.6 Å². The number of nitriles is 1. The van der Waals surface area contributed by atoms with Gasteiger partial charge >= 0.3 is 5.97 Å². The zero-order chi connectivity index (χ0) is 32.3. The van der Waals surface area contributed by atoms with E-state index in [4.69, 9.17) is 32.7 Å². The van der Waals surface area contributed by atoms with E-state index in [1.165, 1.54) is 12.0 Å². The Kier molecular flexibility index (Phi) is 13.0. The predicted octanol–water partition coefficient (Wildman–Crippen LogP) is 6.24. The third-order valence-corrected chi connectivity index (χ3v) is 9.42. The summed E-state index contributed by atoms with van der Waals surface area (Å²) in [7, 11) is 1.31. The molecule has 240 valence electrons. The van der Waals surface area contributed by atoms with Gasteiger partial charge in [0.25, 0.3) is 5.91 Å². The molecule has 1 fully saturated rings. The molecule has 1 saturated heterocycles. The van der Waals surface area contributed by atoms with E-state index in [0.717, 1.165) is 69.7 Å². The first-order chi connectivity index (χ1) is 21.7. The van der Waals surface area contributed by atoms with Crippen LogP contribution in [0.4, 0.5) is 0 Å². The highest BCUT2D eigenvalue weighted by atomic mass is 35.5. The number of morpholine rings is 1. The molecular formula is C35H42Cl2N4O4. The fourth-order valence-electron chi connectivity index (χ4n) is 5.89. The number of nitrogens with zero attached hydrogens (tertiary/aromatic N) is 4. The number of halogens is 2. The molecule has 10 heteroatoms. The summed E-state index contributed by atoms with van der Waals surface area (Å²) in [5, 5.41) is 12.1. The average molecular weight is 654 g/mol. The third kappa shape index (κ3) is 9.41. The number of methoxy groups -OCH3 is 1. The van der Waals surface area contributed by atoms with Gasteiger partial charge in [-0.3, -0.25) is 14.5 Å². The van der Waals surface area contributed by atoms with Crippen LogP contribution < -0.4 is 0 Å². The highest BCUT2D eigenvalue weighted by molar-refractivity contribution is 6.42. The van der Waals surface area contributed by atoms with Crippen LogP contribution in [0.2, 0.25) is 10.0 Å². The SMILES string of the molecule is CCN(CCC(C)N1CCOCC1)CC[C@H](CN(CC(=O)OC)C(=O)c1cc(C#N)cc2ccccc12)c1ccc(Cl)c(Cl)c1. The molecule has 1 amide bonds. The number of esters is 1. The minimum absolute atomic E-state index is 0.149. The van der Waals surface area contributed by atoms with Gasteiger partial charge in [0.15, 0.2) is 0 Å². The van der Waals surface area contributed by atoms with E-state index >= 15 is 0 Å². The van der Waals surface area contributed by atoms with E-state index in [9.17, 15) is 14.9 Å². The van der Waals surface area contributed by atoms with Gasteiger partial charge in [-0.15, -0.1) is 0 Å². The summed E-state index contributed by atoms with van der Waals surface area (Å²) in [6.07, 6.45) is 1.77. The number of ether oxygens (including phenoxy) is 2. The Hall–Kier alpha value is -3.19. The van der Waals surface area contributed by atoms with E-state index in [-0.39, 0.29) is 24.9 Å². The summed E-state index contributed by atoms with van der Waals surface area (Å²) in [4.78, 5) is 33.3. The topological polar surface area (TPSA) is 86.1 Å². The number of carbonyl (C=O) groups is 2. The molecule has 0 aromatic heterocycles. The van der Waals surface area contributed by atoms with Gasteiger partial charge in [0.05, 0.1) is 42.0 Å². The maximum Gasteiger partial charge on any atom is 0.325 e. The number of amides is 1. The Bertz CT molecular complexity index is 1500. The van der Waals surface area contributed by atoms with Crippen LogP contribution in [0.25, 0.3) is 10.8 Å². The molecule has 8 nitrogen and oxygen atoms in total. The van der Waals surface area contributed by atoms with Gasteiger partial charge in [-0.05, 0) is 80.0 Å². The van der Waals surface area contributed by atoms with Gasteiger partial charge in [-0.2, -0.15) is 5.26 Å². The summed E-state index contributed by atoms with van der Waals surface area (Å²) in [5.41, 5.74) is 1.68. The van der Waals surface area contributed by atoms with Gasteiger partial charge in [-0.25, -0.2) is 0 Å². The van der Waals surface area contributed by atoms with Crippen molar-refractivity contribution in [1.29, 1.82) is 5.26 Å². The number of benzene rings is 3. The Morgan fingerprint density at radius 2 is 1.78 bits per heavy atom. The van der Waals surface area contributed by atoms with Gasteiger partial charge in [0, 0.05) is 37.2 Å². The maximum absolute atomic E-state index is 14.2. The molecule has 1 aliphatic heterocycles. The van der Waals surface area contributed by atoms with Gasteiger partial charge in [0.2, 0.25) is 0 Å². The second kappa shape index (κ2) is 16.9. The van der Waals surface area contributed by atoms with Crippen LogP contribution in [0.5, 0.6) is 0 Å². The first kappa shape index (κ1) is 34.7. The number of carbonyl (C=O) groups excluding carboxylic acids is 2. The van der Waals surface area contributed by atoms with Crippen LogP contribution in [-0.4, -0.2) is 98.8 Å². The molecule has 0 spiro atoms. The van der Waals surface area contributed by atoms with E-state index < -0.39 is 5.97 Å². The zero-order valence-corrected chi connectivity index (χ0v) is 27.8. The number of fused-ring (bicyclic) bond motifs is 1. The molecule has 1 unspecified atom stereocenters. The summed E-state index contributed by atoms with van der Waals surface area (Å²) in [6, 6.07) is 19.0. The first-order valence-corrected chi connectivity index (χ1v) is 16.3. The third-order valence-electron chi connectivity index (χ3n) is 8.69. The van der Waals surface area contributed by atoms with Gasteiger partial charge in [0.1, 0.15) is 6.54 Å². The van der Waals surface area contributed by atoms with Crippen LogP contribution in [-0.2, 0) is 14.3 Å². The van der Waals surface area contributed by atoms with Gasteiger partial charge in [-0.1, -0.05) is 60.5 Å². The highest BCUT2D eigenvalue weighted by Gasteiger charge is 2.27. The quantitative estimate of drug-likeness (QED) is 0.191. The van der Waals surface area contributed by atoms with Crippen LogP contribution in [0.1, 0.15) is 54.1 Å². The molecule has 3 aromatic carbocycles. The predicted molar refractivity (Wildman–Crippen MR) is 179 cm³/mol. The fourth-order valence-corrected chi connectivity index (χ4v) is 6.20. The zero-order valence-electron chi connectivity index (χ0n) is 26.3. The monoisotopic (exact) mass is 652 g/mol. The van der Waals surface area contributed by atoms with Crippen molar-refractivity contribution in [3.63, 3.8) is 0 Å². The second-order valence-corrected chi connectivity index (χ2v) is 12.3. The number of hydrogen-bond acceptors (Lipinski definition) is 7. The lowest BCUT2D eigenvalue weighted by Crippen LogP contribution is -2.43. The van der Waals surface area contributed by atoms with Crippen molar-refractivity contribution in [2.75, 3.05) is 66.1 Å². The van der Waals surface area contributed by atoms with Crippen LogP contribution in [0.15, 0.2) is 54.6 Å². The Morgan fingerprint density at radius 1 is 1.04 bits per heavy atom. The summed E-state index contributed by atoms with van der Waals surface area (Å²) < 4.78 is 10.5. The minimum atomic E-state index is -0.524. The van der Waals surface area contributed by atoms with E-state index in [2.05, 4.69) is 29.7 Å². The normalized spacial score (nSPS) is 15.0. The fraction of sp³-hybridized carbons (Fsp3) is 0.457. The lowest BCUT2D eigenvalue weighted by atomic mass is 9.93. The molecule has 45 heavy (non-hydrogen) atoms. The minimum Gasteiger partial charge on any atom is -0.468 e. The van der Waals surface area contributed by atoms with Crippen molar-refractivity contribution in [3.05, 3.63) is 81.3 Å². The Morgan fingerprint density at radius 3 is 2.47 bits per heavy atom.